The minimum atomic E-state index is 0.507. The molecule has 30 heavy (non-hydrogen) atoms. The highest BCUT2D eigenvalue weighted by atomic mass is 32.2. The number of hydrogen-bond donors (Lipinski definition) is 0. The maximum Gasteiger partial charge on any atom is 0.268 e. The summed E-state index contributed by atoms with van der Waals surface area (Å²) in [6.45, 7) is 0. The van der Waals surface area contributed by atoms with Crippen molar-refractivity contribution >= 4 is 34.4 Å². The molecule has 0 radical (unpaired) electrons. The summed E-state index contributed by atoms with van der Waals surface area (Å²) < 4.78 is 13.0. The smallest absolute Gasteiger partial charge is 0.268 e. The summed E-state index contributed by atoms with van der Waals surface area (Å²) >= 11 is 4.68. The van der Waals surface area contributed by atoms with Gasteiger partial charge in [-0.05, 0) is 35.0 Å². The van der Waals surface area contributed by atoms with Gasteiger partial charge in [-0.15, -0.1) is 32.9 Å². The first-order valence-corrected chi connectivity index (χ1v) is 11.7. The average molecular weight is 454 g/mol. The lowest BCUT2D eigenvalue weighted by Gasteiger charge is -2.12. The molecule has 0 spiro atoms. The molecule has 4 aromatic heterocycles. The van der Waals surface area contributed by atoms with Gasteiger partial charge in [0.15, 0.2) is 16.8 Å². The normalized spacial score (nSPS) is 11.1. The van der Waals surface area contributed by atoms with Crippen molar-refractivity contribution in [1.82, 2.24) is 24.9 Å². The second-order valence-electron chi connectivity index (χ2n) is 6.07. The van der Waals surface area contributed by atoms with Crippen molar-refractivity contribution < 1.29 is 9.26 Å². The molecule has 4 heterocycles. The Morgan fingerprint density at radius 2 is 1.80 bits per heavy atom. The predicted molar refractivity (Wildman–Crippen MR) is 118 cm³/mol. The Morgan fingerprint density at radius 1 is 1.00 bits per heavy atom. The second kappa shape index (κ2) is 8.42. The Morgan fingerprint density at radius 3 is 2.57 bits per heavy atom. The van der Waals surface area contributed by atoms with Crippen molar-refractivity contribution in [3.8, 4) is 32.9 Å². The molecule has 150 valence electrons. The standard InChI is InChI=1S/C20H15N5O2S3/c1-26-14-7-3-2-6-13(14)25-18(15-8-4-10-28-15)22-23-20(25)30-12-17-21-19(27-24-17)16-9-5-11-29-16/h2-11H,12H2,1H3. The van der Waals surface area contributed by atoms with E-state index in [0.29, 0.717) is 17.5 Å². The van der Waals surface area contributed by atoms with Crippen molar-refractivity contribution in [2.24, 2.45) is 0 Å². The third kappa shape index (κ3) is 3.64. The summed E-state index contributed by atoms with van der Waals surface area (Å²) in [5, 5.41) is 17.7. The van der Waals surface area contributed by atoms with Gasteiger partial charge >= 0.3 is 0 Å². The third-order valence-corrected chi connectivity index (χ3v) is 6.88. The summed E-state index contributed by atoms with van der Waals surface area (Å²) in [5.74, 6) is 3.16. The molecule has 10 heteroatoms. The highest BCUT2D eigenvalue weighted by Crippen LogP contribution is 2.35. The van der Waals surface area contributed by atoms with Gasteiger partial charge in [-0.3, -0.25) is 4.57 Å². The van der Waals surface area contributed by atoms with E-state index in [0.717, 1.165) is 32.2 Å². The van der Waals surface area contributed by atoms with E-state index in [-0.39, 0.29) is 0 Å². The van der Waals surface area contributed by atoms with Crippen LogP contribution < -0.4 is 4.74 Å². The Balaban J connectivity index is 1.48. The number of para-hydroxylation sites is 2. The molecular weight excluding hydrogens is 438 g/mol. The minimum Gasteiger partial charge on any atom is -0.495 e. The van der Waals surface area contributed by atoms with E-state index in [1.807, 2.05) is 63.9 Å². The van der Waals surface area contributed by atoms with Gasteiger partial charge in [-0.2, -0.15) is 4.98 Å². The molecule has 0 aliphatic rings. The van der Waals surface area contributed by atoms with Gasteiger partial charge in [0.25, 0.3) is 5.89 Å². The van der Waals surface area contributed by atoms with Crippen LogP contribution in [0.15, 0.2) is 69.0 Å². The van der Waals surface area contributed by atoms with Gasteiger partial charge < -0.3 is 9.26 Å². The van der Waals surface area contributed by atoms with E-state index in [4.69, 9.17) is 9.26 Å². The summed E-state index contributed by atoms with van der Waals surface area (Å²) in [4.78, 5) is 6.47. The number of methoxy groups -OCH3 is 1. The molecule has 0 N–H and O–H groups in total. The molecule has 5 rings (SSSR count). The number of ether oxygens (including phenoxy) is 1. The molecule has 7 nitrogen and oxygen atoms in total. The second-order valence-corrected chi connectivity index (χ2v) is 8.91. The fourth-order valence-electron chi connectivity index (χ4n) is 2.90. The molecule has 0 saturated carbocycles. The number of thiophene rings is 2. The highest BCUT2D eigenvalue weighted by molar-refractivity contribution is 7.98. The van der Waals surface area contributed by atoms with Crippen LogP contribution in [0.25, 0.3) is 27.2 Å². The Bertz CT molecular complexity index is 1250. The molecule has 0 aliphatic heterocycles. The first-order chi connectivity index (χ1) is 14.8. The molecule has 0 amide bonds. The van der Waals surface area contributed by atoms with E-state index in [1.165, 1.54) is 11.8 Å². The van der Waals surface area contributed by atoms with E-state index in [9.17, 15) is 0 Å². The summed E-state index contributed by atoms with van der Waals surface area (Å²) in [6, 6.07) is 15.8. The van der Waals surface area contributed by atoms with Gasteiger partial charge in [-0.1, -0.05) is 41.2 Å². The fraction of sp³-hybridized carbons (Fsp3) is 0.100. The van der Waals surface area contributed by atoms with Crippen LogP contribution in [0.3, 0.4) is 0 Å². The van der Waals surface area contributed by atoms with Crippen molar-refractivity contribution in [3.05, 3.63) is 65.1 Å². The van der Waals surface area contributed by atoms with Crippen molar-refractivity contribution in [2.75, 3.05) is 7.11 Å². The topological polar surface area (TPSA) is 78.9 Å². The molecule has 0 unspecified atom stereocenters. The maximum atomic E-state index is 5.58. The largest absolute Gasteiger partial charge is 0.495 e. The molecule has 0 saturated heterocycles. The number of thioether (sulfide) groups is 1. The van der Waals surface area contributed by atoms with E-state index in [2.05, 4.69) is 20.3 Å². The summed E-state index contributed by atoms with van der Waals surface area (Å²) in [7, 11) is 1.66. The summed E-state index contributed by atoms with van der Waals surface area (Å²) in [6.07, 6.45) is 0. The molecular formula is C20H15N5O2S3. The first kappa shape index (κ1) is 19.0. The van der Waals surface area contributed by atoms with Crippen LogP contribution in [0.2, 0.25) is 0 Å². The lowest BCUT2D eigenvalue weighted by atomic mass is 10.3. The minimum absolute atomic E-state index is 0.507. The predicted octanol–water partition coefficient (Wildman–Crippen LogP) is 5.41. The summed E-state index contributed by atoms with van der Waals surface area (Å²) in [5.41, 5.74) is 0.878. The van der Waals surface area contributed by atoms with Crippen molar-refractivity contribution in [3.63, 3.8) is 0 Å². The Hall–Kier alpha value is -2.95. The van der Waals surface area contributed by atoms with Crippen LogP contribution in [0.5, 0.6) is 5.75 Å². The van der Waals surface area contributed by atoms with Crippen LogP contribution in [0, 0.1) is 0 Å². The number of benzene rings is 1. The molecule has 0 fully saturated rings. The molecule has 1 aromatic carbocycles. The van der Waals surface area contributed by atoms with E-state index < -0.39 is 0 Å². The quantitative estimate of drug-likeness (QED) is 0.305. The molecule has 5 aromatic rings. The van der Waals surface area contributed by atoms with Crippen molar-refractivity contribution in [2.45, 2.75) is 10.9 Å². The van der Waals surface area contributed by atoms with Crippen LogP contribution in [0.1, 0.15) is 5.82 Å². The zero-order chi connectivity index (χ0) is 20.3. The number of nitrogens with zero attached hydrogens (tertiary/aromatic N) is 5. The van der Waals surface area contributed by atoms with Crippen LogP contribution in [-0.4, -0.2) is 32.0 Å². The van der Waals surface area contributed by atoms with Crippen LogP contribution >= 0.6 is 34.4 Å². The van der Waals surface area contributed by atoms with Gasteiger partial charge in [0.05, 0.1) is 28.3 Å². The Kier molecular flexibility index (Phi) is 5.35. The highest BCUT2D eigenvalue weighted by Gasteiger charge is 2.20. The molecule has 0 atom stereocenters. The van der Waals surface area contributed by atoms with Crippen LogP contribution in [-0.2, 0) is 5.75 Å². The number of rotatable bonds is 7. The maximum absolute atomic E-state index is 5.58. The fourth-order valence-corrected chi connectivity index (χ4v) is 5.03. The van der Waals surface area contributed by atoms with Gasteiger partial charge in [0.2, 0.25) is 0 Å². The van der Waals surface area contributed by atoms with Crippen molar-refractivity contribution in [1.29, 1.82) is 0 Å². The number of hydrogen-bond acceptors (Lipinski definition) is 9. The SMILES string of the molecule is COc1ccccc1-n1c(SCc2noc(-c3cccs3)n2)nnc1-c1cccs1. The zero-order valence-electron chi connectivity index (χ0n) is 15.8. The Labute approximate surface area is 184 Å². The zero-order valence-corrected chi connectivity index (χ0v) is 18.2. The number of aromatic nitrogens is 5. The third-order valence-electron chi connectivity index (χ3n) is 4.23. The monoisotopic (exact) mass is 453 g/mol. The average Bonchev–Trinajstić information content (AvgIpc) is 3.57. The molecule has 0 aliphatic carbocycles. The van der Waals surface area contributed by atoms with Crippen LogP contribution in [0.4, 0.5) is 0 Å². The van der Waals surface area contributed by atoms with E-state index >= 15 is 0 Å². The lowest BCUT2D eigenvalue weighted by molar-refractivity contribution is 0.412. The molecule has 0 bridgehead atoms. The van der Waals surface area contributed by atoms with Gasteiger partial charge in [0.1, 0.15) is 5.75 Å². The van der Waals surface area contributed by atoms with Gasteiger partial charge in [-0.25, -0.2) is 0 Å². The van der Waals surface area contributed by atoms with E-state index in [1.54, 1.807) is 29.8 Å². The first-order valence-electron chi connectivity index (χ1n) is 8.95. The lowest BCUT2D eigenvalue weighted by Crippen LogP contribution is -2.02. The van der Waals surface area contributed by atoms with Gasteiger partial charge in [0, 0.05) is 0 Å².